The molecule has 21 heavy (non-hydrogen) atoms. The Bertz CT molecular complexity index is 435. The van der Waals surface area contributed by atoms with Crippen LogP contribution in [0.25, 0.3) is 0 Å². The Hall–Kier alpha value is -0.580. The van der Waals surface area contributed by atoms with Crippen molar-refractivity contribution in [2.45, 2.75) is 32.7 Å². The zero-order valence-corrected chi connectivity index (χ0v) is 14.8. The highest BCUT2D eigenvalue weighted by molar-refractivity contribution is 9.10. The second kappa shape index (κ2) is 8.76. The van der Waals surface area contributed by atoms with E-state index >= 15 is 0 Å². The van der Waals surface area contributed by atoms with Gasteiger partial charge in [-0.15, -0.1) is 0 Å². The number of anilines is 1. The number of benzene rings is 1. The van der Waals surface area contributed by atoms with Crippen LogP contribution in [0.15, 0.2) is 22.7 Å². The minimum Gasteiger partial charge on any atom is -0.383 e. The Morgan fingerprint density at radius 3 is 2.81 bits per heavy atom. The van der Waals surface area contributed by atoms with Gasteiger partial charge in [0.25, 0.3) is 0 Å². The van der Waals surface area contributed by atoms with Gasteiger partial charge in [0.05, 0.1) is 6.61 Å². The van der Waals surface area contributed by atoms with E-state index in [1.54, 1.807) is 7.11 Å². The first-order valence-corrected chi connectivity index (χ1v) is 8.77. The van der Waals surface area contributed by atoms with Gasteiger partial charge in [-0.25, -0.2) is 0 Å². The van der Waals surface area contributed by atoms with Gasteiger partial charge in [0.2, 0.25) is 0 Å². The Balaban J connectivity index is 2.04. The van der Waals surface area contributed by atoms with Crippen LogP contribution in [-0.2, 0) is 11.3 Å². The molecular formula is C17H27BrN2O. The van der Waals surface area contributed by atoms with E-state index < -0.39 is 0 Å². The first kappa shape index (κ1) is 16.8. The summed E-state index contributed by atoms with van der Waals surface area (Å²) in [6.45, 7) is 7.05. The second-order valence-corrected chi connectivity index (χ2v) is 6.69. The van der Waals surface area contributed by atoms with Crippen molar-refractivity contribution in [1.82, 2.24) is 5.32 Å². The largest absolute Gasteiger partial charge is 0.383 e. The van der Waals surface area contributed by atoms with Crippen molar-refractivity contribution >= 4 is 21.6 Å². The molecule has 1 aromatic rings. The maximum absolute atomic E-state index is 5.09. The van der Waals surface area contributed by atoms with Crippen LogP contribution in [0.4, 0.5) is 5.69 Å². The summed E-state index contributed by atoms with van der Waals surface area (Å²) in [4.78, 5) is 2.53. The standard InChI is InChI=1S/C17H27BrN2O/c1-3-20(13-14-5-4-6-14)17-8-7-16(18)11-15(17)12-19-9-10-21-2/h7-8,11,14,19H,3-6,9-10,12-13H2,1-2H3. The number of nitrogens with one attached hydrogen (secondary N) is 1. The van der Waals surface area contributed by atoms with Crippen LogP contribution in [0.3, 0.4) is 0 Å². The molecule has 1 N–H and O–H groups in total. The van der Waals surface area contributed by atoms with E-state index in [2.05, 4.69) is 51.3 Å². The third-order valence-electron chi connectivity index (χ3n) is 4.27. The molecule has 0 atom stereocenters. The minimum atomic E-state index is 0.753. The van der Waals surface area contributed by atoms with Crippen molar-refractivity contribution in [2.24, 2.45) is 5.92 Å². The lowest BCUT2D eigenvalue weighted by atomic mass is 9.85. The van der Waals surface area contributed by atoms with Gasteiger partial charge in [0.1, 0.15) is 0 Å². The number of methoxy groups -OCH3 is 1. The van der Waals surface area contributed by atoms with E-state index in [0.717, 1.165) is 36.6 Å². The SMILES string of the molecule is CCN(CC1CCC1)c1ccc(Br)cc1CNCCOC. The van der Waals surface area contributed by atoms with E-state index in [4.69, 9.17) is 4.74 Å². The van der Waals surface area contributed by atoms with Gasteiger partial charge in [0, 0.05) is 43.4 Å². The molecule has 0 spiro atoms. The van der Waals surface area contributed by atoms with Gasteiger partial charge in [-0.05, 0) is 49.4 Å². The summed E-state index contributed by atoms with van der Waals surface area (Å²) in [7, 11) is 1.74. The molecule has 4 heteroatoms. The molecule has 0 heterocycles. The van der Waals surface area contributed by atoms with Crippen molar-refractivity contribution in [3.63, 3.8) is 0 Å². The van der Waals surface area contributed by atoms with Gasteiger partial charge in [-0.3, -0.25) is 0 Å². The van der Waals surface area contributed by atoms with Crippen LogP contribution < -0.4 is 10.2 Å². The molecular weight excluding hydrogens is 328 g/mol. The van der Waals surface area contributed by atoms with Crippen LogP contribution in [0, 0.1) is 5.92 Å². The lowest BCUT2D eigenvalue weighted by Gasteiger charge is -2.34. The summed E-state index contributed by atoms with van der Waals surface area (Å²) in [5.74, 6) is 0.892. The molecule has 1 aromatic carbocycles. The van der Waals surface area contributed by atoms with Crippen LogP contribution in [0.1, 0.15) is 31.7 Å². The van der Waals surface area contributed by atoms with Crippen molar-refractivity contribution in [3.05, 3.63) is 28.2 Å². The number of halogens is 1. The quantitative estimate of drug-likeness (QED) is 0.682. The summed E-state index contributed by atoms with van der Waals surface area (Å²) in [6, 6.07) is 6.63. The van der Waals surface area contributed by atoms with Crippen LogP contribution in [-0.4, -0.2) is 33.4 Å². The fraction of sp³-hybridized carbons (Fsp3) is 0.647. The van der Waals surface area contributed by atoms with Crippen molar-refractivity contribution in [2.75, 3.05) is 38.3 Å². The normalized spacial score (nSPS) is 15.0. The zero-order chi connectivity index (χ0) is 15.1. The van der Waals surface area contributed by atoms with E-state index in [1.165, 1.54) is 37.1 Å². The predicted molar refractivity (Wildman–Crippen MR) is 93.0 cm³/mol. The third-order valence-corrected chi connectivity index (χ3v) is 4.76. The van der Waals surface area contributed by atoms with E-state index in [1.807, 2.05) is 0 Å². The topological polar surface area (TPSA) is 24.5 Å². The number of rotatable bonds is 9. The molecule has 0 unspecified atom stereocenters. The van der Waals surface area contributed by atoms with Crippen LogP contribution in [0.5, 0.6) is 0 Å². The van der Waals surface area contributed by atoms with E-state index in [9.17, 15) is 0 Å². The summed E-state index contributed by atoms with van der Waals surface area (Å²) in [6.07, 6.45) is 4.21. The Labute approximate surface area is 137 Å². The van der Waals surface area contributed by atoms with Crippen molar-refractivity contribution in [1.29, 1.82) is 0 Å². The third kappa shape index (κ3) is 4.97. The fourth-order valence-electron chi connectivity index (χ4n) is 2.79. The molecule has 0 aromatic heterocycles. The molecule has 0 bridgehead atoms. The second-order valence-electron chi connectivity index (χ2n) is 5.78. The zero-order valence-electron chi connectivity index (χ0n) is 13.2. The number of nitrogens with zero attached hydrogens (tertiary/aromatic N) is 1. The lowest BCUT2D eigenvalue weighted by Crippen LogP contribution is -2.33. The Kier molecular flexibility index (Phi) is 7.00. The molecule has 1 aliphatic rings. The Morgan fingerprint density at radius 1 is 1.38 bits per heavy atom. The summed E-state index contributed by atoms with van der Waals surface area (Å²) >= 11 is 3.59. The van der Waals surface area contributed by atoms with Gasteiger partial charge >= 0.3 is 0 Å². The first-order valence-electron chi connectivity index (χ1n) is 7.97. The van der Waals surface area contributed by atoms with E-state index in [-0.39, 0.29) is 0 Å². The lowest BCUT2D eigenvalue weighted by molar-refractivity contribution is 0.199. The summed E-state index contributed by atoms with van der Waals surface area (Å²) in [5, 5.41) is 3.46. The van der Waals surface area contributed by atoms with Crippen molar-refractivity contribution < 1.29 is 4.74 Å². The van der Waals surface area contributed by atoms with Gasteiger partial charge in [0.15, 0.2) is 0 Å². The van der Waals surface area contributed by atoms with Crippen LogP contribution in [0.2, 0.25) is 0 Å². The number of hydrogen-bond acceptors (Lipinski definition) is 3. The highest BCUT2D eigenvalue weighted by Gasteiger charge is 2.21. The molecule has 2 rings (SSSR count). The van der Waals surface area contributed by atoms with Gasteiger partial charge in [-0.2, -0.15) is 0 Å². The van der Waals surface area contributed by atoms with Crippen molar-refractivity contribution in [3.8, 4) is 0 Å². The first-order chi connectivity index (χ1) is 10.2. The molecule has 3 nitrogen and oxygen atoms in total. The molecule has 118 valence electrons. The molecule has 0 saturated heterocycles. The predicted octanol–water partition coefficient (Wildman–Crippen LogP) is 3.81. The number of hydrogen-bond donors (Lipinski definition) is 1. The molecule has 1 saturated carbocycles. The van der Waals surface area contributed by atoms with E-state index in [0.29, 0.717) is 0 Å². The van der Waals surface area contributed by atoms with Gasteiger partial charge < -0.3 is 15.0 Å². The van der Waals surface area contributed by atoms with Gasteiger partial charge in [-0.1, -0.05) is 22.4 Å². The molecule has 1 aliphatic carbocycles. The average molecular weight is 355 g/mol. The number of ether oxygens (including phenoxy) is 1. The molecule has 0 aliphatic heterocycles. The maximum atomic E-state index is 5.09. The smallest absolute Gasteiger partial charge is 0.0587 e. The fourth-order valence-corrected chi connectivity index (χ4v) is 3.19. The average Bonchev–Trinajstić information content (AvgIpc) is 2.44. The summed E-state index contributed by atoms with van der Waals surface area (Å²) in [5.41, 5.74) is 2.74. The maximum Gasteiger partial charge on any atom is 0.0587 e. The molecule has 0 radical (unpaired) electrons. The Morgan fingerprint density at radius 2 is 2.19 bits per heavy atom. The summed E-state index contributed by atoms with van der Waals surface area (Å²) < 4.78 is 6.24. The van der Waals surface area contributed by atoms with Crippen LogP contribution >= 0.6 is 15.9 Å². The highest BCUT2D eigenvalue weighted by atomic mass is 79.9. The monoisotopic (exact) mass is 354 g/mol. The highest BCUT2D eigenvalue weighted by Crippen LogP contribution is 2.31. The minimum absolute atomic E-state index is 0.753. The molecule has 1 fully saturated rings. The molecule has 0 amide bonds.